The van der Waals surface area contributed by atoms with E-state index in [2.05, 4.69) is 75.9 Å². The van der Waals surface area contributed by atoms with Gasteiger partial charge in [-0.2, -0.15) is 0 Å². The Labute approximate surface area is 325 Å². The van der Waals surface area contributed by atoms with E-state index in [1.165, 1.54) is 25.7 Å². The minimum absolute atomic E-state index is 0.640. The number of hydrogen-bond donors (Lipinski definition) is 3. The number of aromatic nitrogens is 4. The first-order valence-electron chi connectivity index (χ1n) is 19.1. The molecule has 0 saturated heterocycles. The molecule has 3 aromatic heterocycles. The van der Waals surface area contributed by atoms with Crippen molar-refractivity contribution in [2.24, 2.45) is 0 Å². The number of ether oxygens (including phenoxy) is 2. The fraction of sp³-hybridized carbons (Fsp3) is 0.261. The van der Waals surface area contributed by atoms with Crippen LogP contribution in [0, 0.1) is 11.8 Å². The number of rotatable bonds is 13. The van der Waals surface area contributed by atoms with Gasteiger partial charge in [0.2, 0.25) is 0 Å². The van der Waals surface area contributed by atoms with E-state index in [9.17, 15) is 0 Å². The number of anilines is 1. The van der Waals surface area contributed by atoms with Crippen LogP contribution in [0.5, 0.6) is 11.5 Å². The highest BCUT2D eigenvalue weighted by Crippen LogP contribution is 2.43. The molecule has 4 N–H and O–H groups in total. The third-order valence-electron chi connectivity index (χ3n) is 9.46. The zero-order chi connectivity index (χ0) is 37.3. The van der Waals surface area contributed by atoms with Gasteiger partial charge >= 0.3 is 0 Å². The Morgan fingerprint density at radius 3 is 2.00 bits per heavy atom. The summed E-state index contributed by atoms with van der Waals surface area (Å²) in [4.78, 5) is 17.3. The zero-order valence-electron chi connectivity index (χ0n) is 31.0. The molecule has 0 amide bonds. The van der Waals surface area contributed by atoms with Gasteiger partial charge in [-0.05, 0) is 120 Å². The maximum Gasteiger partial charge on any atom is 0.130 e. The maximum atomic E-state index is 6.55. The second kappa shape index (κ2) is 17.5. The number of nitrogens with one attached hydrogen (secondary N) is 2. The van der Waals surface area contributed by atoms with E-state index < -0.39 is 0 Å². The quantitative estimate of drug-likeness (QED) is 0.0614. The van der Waals surface area contributed by atoms with Crippen LogP contribution in [0.4, 0.5) is 5.69 Å². The third kappa shape index (κ3) is 8.81. The lowest BCUT2D eigenvalue weighted by atomic mass is 10.0. The van der Waals surface area contributed by atoms with E-state index in [1.807, 2.05) is 72.8 Å². The van der Waals surface area contributed by atoms with Crippen molar-refractivity contribution in [3.63, 3.8) is 0 Å². The molecule has 5 heterocycles. The summed E-state index contributed by atoms with van der Waals surface area (Å²) in [5, 5.41) is 0. The number of benzene rings is 2. The summed E-state index contributed by atoms with van der Waals surface area (Å²) < 4.78 is 13.9. The molecular formula is C46H46BrN5O2. The lowest BCUT2D eigenvalue weighted by molar-refractivity contribution is 0.292. The zero-order valence-corrected chi connectivity index (χ0v) is 32.6. The lowest BCUT2D eigenvalue weighted by Gasteiger charge is -2.16. The molecule has 8 heteroatoms. The van der Waals surface area contributed by atoms with Gasteiger partial charge in [-0.1, -0.05) is 70.3 Å². The van der Waals surface area contributed by atoms with Gasteiger partial charge < -0.3 is 25.2 Å². The van der Waals surface area contributed by atoms with Crippen LogP contribution < -0.4 is 15.2 Å². The van der Waals surface area contributed by atoms with Crippen LogP contribution >= 0.6 is 15.9 Å². The molecule has 0 radical (unpaired) electrons. The largest absolute Gasteiger partial charge is 0.493 e. The van der Waals surface area contributed by atoms with E-state index in [0.717, 1.165) is 109 Å². The van der Waals surface area contributed by atoms with Gasteiger partial charge in [0.15, 0.2) is 0 Å². The van der Waals surface area contributed by atoms with Gasteiger partial charge in [-0.3, -0.25) is 0 Å². The minimum Gasteiger partial charge on any atom is -0.493 e. The monoisotopic (exact) mass is 779 g/mol. The predicted octanol–water partition coefficient (Wildman–Crippen LogP) is 12.0. The van der Waals surface area contributed by atoms with Crippen molar-refractivity contribution < 1.29 is 9.47 Å². The molecule has 2 aliphatic heterocycles. The van der Waals surface area contributed by atoms with Crippen LogP contribution in [0.3, 0.4) is 0 Å². The van der Waals surface area contributed by atoms with Crippen molar-refractivity contribution in [3.05, 3.63) is 111 Å². The Balaban J connectivity index is 1.42. The van der Waals surface area contributed by atoms with Crippen molar-refractivity contribution in [2.45, 2.75) is 65.2 Å². The normalized spacial score (nSPS) is 11.8. The molecule has 0 fully saturated rings. The highest BCUT2D eigenvalue weighted by molar-refractivity contribution is 9.10. The standard InChI is InChI=1S/C46H46BrN5O2/c1-3-5-7-9-26-53-42-12-11-13-43(54-27-10-8-6-4-2)44(42)38-30-36-29-35-20-24-40(50-35)37(22-16-31-14-17-32(48)18-15-31)39-23-19-33(49-39)28-34-21-25-41(51-34)45(47)46(38)52-36/h11-15,17-21,23-25,28-30,49,52H,3-10,26-27,48H2,1-2H3. The van der Waals surface area contributed by atoms with Crippen molar-refractivity contribution in [1.82, 2.24) is 19.9 Å². The molecule has 7 nitrogen and oxygen atoms in total. The second-order valence-corrected chi connectivity index (χ2v) is 14.4. The highest BCUT2D eigenvalue weighted by Gasteiger charge is 2.20. The van der Waals surface area contributed by atoms with Crippen molar-refractivity contribution in [3.8, 4) is 34.5 Å². The molecule has 7 rings (SSSR count). The summed E-state index contributed by atoms with van der Waals surface area (Å²) in [6.07, 6.45) is 17.1. The van der Waals surface area contributed by atoms with Crippen LogP contribution in [0.15, 0.2) is 77.3 Å². The first-order chi connectivity index (χ1) is 26.5. The van der Waals surface area contributed by atoms with Crippen molar-refractivity contribution in [1.29, 1.82) is 0 Å². The van der Waals surface area contributed by atoms with Crippen LogP contribution in [0.1, 0.15) is 99.1 Å². The fourth-order valence-corrected chi connectivity index (χ4v) is 7.13. The summed E-state index contributed by atoms with van der Waals surface area (Å²) in [6, 6.07) is 24.0. The molecule has 8 bridgehead atoms. The fourth-order valence-electron chi connectivity index (χ4n) is 6.60. The van der Waals surface area contributed by atoms with E-state index in [-0.39, 0.29) is 0 Å². The summed E-state index contributed by atoms with van der Waals surface area (Å²) in [6.45, 7) is 5.73. The smallest absolute Gasteiger partial charge is 0.130 e. The molecule has 2 aromatic carbocycles. The topological polar surface area (TPSA) is 102 Å². The minimum atomic E-state index is 0.640. The van der Waals surface area contributed by atoms with E-state index in [0.29, 0.717) is 18.9 Å². The van der Waals surface area contributed by atoms with Gasteiger partial charge in [-0.25, -0.2) is 9.97 Å². The van der Waals surface area contributed by atoms with Crippen LogP contribution in [0.25, 0.3) is 57.5 Å². The first-order valence-corrected chi connectivity index (χ1v) is 19.8. The predicted molar refractivity (Wildman–Crippen MR) is 228 cm³/mol. The van der Waals surface area contributed by atoms with Gasteiger partial charge in [0, 0.05) is 27.8 Å². The van der Waals surface area contributed by atoms with Gasteiger partial charge in [-0.15, -0.1) is 0 Å². The molecule has 0 saturated carbocycles. The number of nitrogen functional groups attached to an aromatic ring is 1. The van der Waals surface area contributed by atoms with Crippen LogP contribution in [0.2, 0.25) is 0 Å². The number of halogens is 1. The number of nitrogens with zero attached hydrogens (tertiary/aromatic N) is 2. The Morgan fingerprint density at radius 2 is 1.31 bits per heavy atom. The van der Waals surface area contributed by atoms with Crippen LogP contribution in [-0.2, 0) is 0 Å². The molecule has 0 aliphatic carbocycles. The number of unbranched alkanes of at least 4 members (excludes halogenated alkanes) is 6. The number of nitrogens with two attached hydrogens (primary N) is 1. The van der Waals surface area contributed by atoms with E-state index in [4.69, 9.17) is 25.2 Å². The maximum absolute atomic E-state index is 6.55. The van der Waals surface area contributed by atoms with Gasteiger partial charge in [0.05, 0.1) is 62.6 Å². The summed E-state index contributed by atoms with van der Waals surface area (Å²) in [5.41, 5.74) is 17.0. The summed E-state index contributed by atoms with van der Waals surface area (Å²) in [7, 11) is 0. The molecule has 0 atom stereocenters. The highest BCUT2D eigenvalue weighted by atomic mass is 79.9. The Hall–Kier alpha value is -5.52. The Kier molecular flexibility index (Phi) is 12.0. The molecular weight excluding hydrogens is 734 g/mol. The van der Waals surface area contributed by atoms with Crippen molar-refractivity contribution in [2.75, 3.05) is 18.9 Å². The average molecular weight is 781 g/mol. The molecule has 5 aromatic rings. The average Bonchev–Trinajstić information content (AvgIpc) is 4.01. The van der Waals surface area contributed by atoms with Crippen LogP contribution in [-0.4, -0.2) is 33.1 Å². The third-order valence-corrected chi connectivity index (χ3v) is 10.3. The van der Waals surface area contributed by atoms with E-state index in [1.54, 1.807) is 0 Å². The molecule has 0 unspecified atom stereocenters. The Bertz CT molecular complexity index is 2380. The second-order valence-electron chi connectivity index (χ2n) is 13.6. The molecule has 54 heavy (non-hydrogen) atoms. The number of hydrogen-bond acceptors (Lipinski definition) is 5. The lowest BCUT2D eigenvalue weighted by Crippen LogP contribution is -2.03. The van der Waals surface area contributed by atoms with Gasteiger partial charge in [0.1, 0.15) is 11.5 Å². The van der Waals surface area contributed by atoms with E-state index >= 15 is 0 Å². The molecule has 2 aliphatic rings. The molecule has 274 valence electrons. The first kappa shape index (κ1) is 36.8. The van der Waals surface area contributed by atoms with Crippen molar-refractivity contribution >= 4 is 68.0 Å². The SMILES string of the molecule is CCCCCCOc1cccc(OCCCCCC)c1-c1cc2cc3nc(c(C#Cc4ccc(N)cc4)c4ccc(cc5nc(c(Br)c1[nH]2)C=C5)[nH]4)C=C3. The number of aromatic amines is 2. The number of H-pyrrole nitrogens is 2. The molecule has 0 spiro atoms. The summed E-state index contributed by atoms with van der Waals surface area (Å²) >= 11 is 3.97. The van der Waals surface area contributed by atoms with Gasteiger partial charge in [0.25, 0.3) is 0 Å². The summed E-state index contributed by atoms with van der Waals surface area (Å²) in [5.74, 6) is 8.31. The Morgan fingerprint density at radius 1 is 0.667 bits per heavy atom. The number of fused-ring (bicyclic) bond motifs is 8.